The minimum absolute atomic E-state index is 0.498. The number of rotatable bonds is 5. The SMILES string of the molecule is CC(C)CCOc1cc(Br)ccc1[C@@H](C)O. The van der Waals surface area contributed by atoms with Crippen molar-refractivity contribution in [3.63, 3.8) is 0 Å². The molecular formula is C13H19BrO2. The Balaban J connectivity index is 2.72. The topological polar surface area (TPSA) is 29.5 Å². The van der Waals surface area contributed by atoms with Gasteiger partial charge in [-0.1, -0.05) is 35.8 Å². The van der Waals surface area contributed by atoms with Crippen LogP contribution in [0.25, 0.3) is 0 Å². The fraction of sp³-hybridized carbons (Fsp3) is 0.538. The number of hydrogen-bond acceptors (Lipinski definition) is 2. The molecule has 16 heavy (non-hydrogen) atoms. The third-order valence-electron chi connectivity index (χ3n) is 2.38. The van der Waals surface area contributed by atoms with Crippen LogP contribution in [0.2, 0.25) is 0 Å². The number of benzene rings is 1. The number of hydrogen-bond donors (Lipinski definition) is 1. The van der Waals surface area contributed by atoms with Gasteiger partial charge in [-0.2, -0.15) is 0 Å². The van der Waals surface area contributed by atoms with Crippen molar-refractivity contribution in [1.82, 2.24) is 0 Å². The van der Waals surface area contributed by atoms with Crippen molar-refractivity contribution in [1.29, 1.82) is 0 Å². The van der Waals surface area contributed by atoms with Crippen LogP contribution in [-0.2, 0) is 0 Å². The van der Waals surface area contributed by atoms with Crippen molar-refractivity contribution in [2.75, 3.05) is 6.61 Å². The summed E-state index contributed by atoms with van der Waals surface area (Å²) < 4.78 is 6.67. The molecule has 1 atom stereocenters. The van der Waals surface area contributed by atoms with Crippen molar-refractivity contribution < 1.29 is 9.84 Å². The number of aliphatic hydroxyl groups is 1. The van der Waals surface area contributed by atoms with E-state index in [-0.39, 0.29) is 0 Å². The molecule has 0 aromatic heterocycles. The Morgan fingerprint density at radius 1 is 1.31 bits per heavy atom. The largest absolute Gasteiger partial charge is 0.493 e. The first-order valence-electron chi connectivity index (χ1n) is 5.61. The van der Waals surface area contributed by atoms with Gasteiger partial charge in [-0.3, -0.25) is 0 Å². The summed E-state index contributed by atoms with van der Waals surface area (Å²) in [5.74, 6) is 1.40. The van der Waals surface area contributed by atoms with Gasteiger partial charge in [0.1, 0.15) is 5.75 Å². The molecule has 0 amide bonds. The van der Waals surface area contributed by atoms with Gasteiger partial charge >= 0.3 is 0 Å². The van der Waals surface area contributed by atoms with Crippen LogP contribution in [-0.4, -0.2) is 11.7 Å². The van der Waals surface area contributed by atoms with E-state index in [0.29, 0.717) is 12.5 Å². The van der Waals surface area contributed by atoms with Gasteiger partial charge < -0.3 is 9.84 Å². The molecule has 2 nitrogen and oxygen atoms in total. The summed E-state index contributed by atoms with van der Waals surface area (Å²) in [5.41, 5.74) is 0.840. The first-order valence-corrected chi connectivity index (χ1v) is 6.40. The molecule has 1 N–H and O–H groups in total. The third-order valence-corrected chi connectivity index (χ3v) is 2.87. The van der Waals surface area contributed by atoms with Crippen LogP contribution in [0.4, 0.5) is 0 Å². The van der Waals surface area contributed by atoms with Gasteiger partial charge in [0.2, 0.25) is 0 Å². The lowest BCUT2D eigenvalue weighted by molar-refractivity contribution is 0.190. The summed E-state index contributed by atoms with van der Waals surface area (Å²) in [6.45, 7) is 6.77. The van der Waals surface area contributed by atoms with Crippen molar-refractivity contribution in [2.24, 2.45) is 5.92 Å². The molecule has 0 saturated heterocycles. The molecule has 3 heteroatoms. The van der Waals surface area contributed by atoms with E-state index in [1.165, 1.54) is 0 Å². The van der Waals surface area contributed by atoms with Crippen LogP contribution < -0.4 is 4.74 Å². The van der Waals surface area contributed by atoms with Crippen molar-refractivity contribution in [2.45, 2.75) is 33.3 Å². The summed E-state index contributed by atoms with van der Waals surface area (Å²) in [6.07, 6.45) is 0.522. The summed E-state index contributed by atoms with van der Waals surface area (Å²) in [7, 11) is 0. The van der Waals surface area contributed by atoms with E-state index in [1.54, 1.807) is 6.92 Å². The molecule has 0 spiro atoms. The van der Waals surface area contributed by atoms with E-state index in [9.17, 15) is 5.11 Å². The minimum Gasteiger partial charge on any atom is -0.493 e. The lowest BCUT2D eigenvalue weighted by Crippen LogP contribution is -2.04. The Bertz CT molecular complexity index is 335. The van der Waals surface area contributed by atoms with Gasteiger partial charge in [-0.15, -0.1) is 0 Å². The van der Waals surface area contributed by atoms with Gasteiger partial charge in [-0.05, 0) is 31.4 Å². The first-order chi connectivity index (χ1) is 7.50. The highest BCUT2D eigenvalue weighted by Gasteiger charge is 2.09. The number of halogens is 1. The highest BCUT2D eigenvalue weighted by Crippen LogP contribution is 2.28. The van der Waals surface area contributed by atoms with E-state index in [1.807, 2.05) is 18.2 Å². The van der Waals surface area contributed by atoms with Crippen LogP contribution in [0.3, 0.4) is 0 Å². The predicted octanol–water partition coefficient (Wildman–Crippen LogP) is 3.93. The smallest absolute Gasteiger partial charge is 0.126 e. The molecule has 0 heterocycles. The first kappa shape index (κ1) is 13.5. The summed E-state index contributed by atoms with van der Waals surface area (Å²) in [5, 5.41) is 9.61. The Morgan fingerprint density at radius 2 is 2.00 bits per heavy atom. The zero-order valence-electron chi connectivity index (χ0n) is 10.0. The molecule has 0 fully saturated rings. The zero-order chi connectivity index (χ0) is 12.1. The normalized spacial score (nSPS) is 12.9. The monoisotopic (exact) mass is 286 g/mol. The second-order valence-electron chi connectivity index (χ2n) is 4.39. The lowest BCUT2D eigenvalue weighted by Gasteiger charge is -2.14. The van der Waals surface area contributed by atoms with Crippen LogP contribution in [0.5, 0.6) is 5.75 Å². The molecule has 0 saturated carbocycles. The van der Waals surface area contributed by atoms with E-state index in [4.69, 9.17) is 4.74 Å². The molecule has 1 rings (SSSR count). The van der Waals surface area contributed by atoms with Gasteiger partial charge in [0.25, 0.3) is 0 Å². The molecule has 0 unspecified atom stereocenters. The standard InChI is InChI=1S/C13H19BrO2/c1-9(2)6-7-16-13-8-11(14)4-5-12(13)10(3)15/h4-5,8-10,15H,6-7H2,1-3H3/t10-/m1/s1. The average Bonchev–Trinajstić information content (AvgIpc) is 2.16. The molecule has 90 valence electrons. The Labute approximate surface area is 106 Å². The maximum atomic E-state index is 9.61. The van der Waals surface area contributed by atoms with Crippen LogP contribution in [0, 0.1) is 5.92 Å². The Kier molecular flexibility index (Phi) is 5.29. The van der Waals surface area contributed by atoms with Gasteiger partial charge in [0.05, 0.1) is 12.7 Å². The molecule has 0 bridgehead atoms. The number of aliphatic hydroxyl groups excluding tert-OH is 1. The van der Waals surface area contributed by atoms with E-state index < -0.39 is 6.10 Å². The van der Waals surface area contributed by atoms with Gasteiger partial charge in [0, 0.05) is 10.0 Å². The maximum Gasteiger partial charge on any atom is 0.126 e. The predicted molar refractivity (Wildman–Crippen MR) is 69.7 cm³/mol. The van der Waals surface area contributed by atoms with Crippen LogP contribution in [0.1, 0.15) is 38.9 Å². The molecule has 1 aromatic rings. The molecule has 0 radical (unpaired) electrons. The highest BCUT2D eigenvalue weighted by molar-refractivity contribution is 9.10. The maximum absolute atomic E-state index is 9.61. The van der Waals surface area contributed by atoms with Crippen molar-refractivity contribution >= 4 is 15.9 Å². The van der Waals surface area contributed by atoms with Crippen molar-refractivity contribution in [3.8, 4) is 5.75 Å². The van der Waals surface area contributed by atoms with E-state index in [2.05, 4.69) is 29.8 Å². The molecule has 0 aliphatic carbocycles. The third kappa shape index (κ3) is 4.14. The second-order valence-corrected chi connectivity index (χ2v) is 5.30. The van der Waals surface area contributed by atoms with Crippen LogP contribution in [0.15, 0.2) is 22.7 Å². The van der Waals surface area contributed by atoms with E-state index in [0.717, 1.165) is 22.2 Å². The quantitative estimate of drug-likeness (QED) is 0.889. The minimum atomic E-state index is -0.498. The van der Waals surface area contributed by atoms with Crippen LogP contribution >= 0.6 is 15.9 Å². The van der Waals surface area contributed by atoms with E-state index >= 15 is 0 Å². The summed E-state index contributed by atoms with van der Waals surface area (Å²) in [4.78, 5) is 0. The fourth-order valence-corrected chi connectivity index (χ4v) is 1.72. The second kappa shape index (κ2) is 6.26. The molecular weight excluding hydrogens is 268 g/mol. The summed E-state index contributed by atoms with van der Waals surface area (Å²) in [6, 6.07) is 5.71. The summed E-state index contributed by atoms with van der Waals surface area (Å²) >= 11 is 3.40. The number of ether oxygens (including phenoxy) is 1. The van der Waals surface area contributed by atoms with Gasteiger partial charge in [-0.25, -0.2) is 0 Å². The molecule has 0 aliphatic rings. The molecule has 0 aliphatic heterocycles. The Hall–Kier alpha value is -0.540. The fourth-order valence-electron chi connectivity index (χ4n) is 1.38. The Morgan fingerprint density at radius 3 is 2.56 bits per heavy atom. The van der Waals surface area contributed by atoms with Gasteiger partial charge in [0.15, 0.2) is 0 Å². The highest BCUT2D eigenvalue weighted by atomic mass is 79.9. The average molecular weight is 287 g/mol. The lowest BCUT2D eigenvalue weighted by atomic mass is 10.1. The zero-order valence-corrected chi connectivity index (χ0v) is 11.6. The molecule has 1 aromatic carbocycles. The van der Waals surface area contributed by atoms with Crippen molar-refractivity contribution in [3.05, 3.63) is 28.2 Å².